The number of aliphatic carboxylic acids is 1. The van der Waals surface area contributed by atoms with Crippen molar-refractivity contribution in [1.29, 1.82) is 0 Å². The molecule has 4 rings (SSSR count). The molecule has 0 saturated carbocycles. The normalized spacial score (nSPS) is 14.8. The van der Waals surface area contributed by atoms with Gasteiger partial charge in [0.15, 0.2) is 0 Å². The molecule has 0 aliphatic carbocycles. The Bertz CT molecular complexity index is 1690. The minimum absolute atomic E-state index is 0.0723. The fourth-order valence-electron chi connectivity index (χ4n) is 5.11. The third-order valence-corrected chi connectivity index (χ3v) is 9.57. The molecule has 1 aliphatic heterocycles. The topological polar surface area (TPSA) is 154 Å². The first kappa shape index (κ1) is 30.1. The highest BCUT2D eigenvalue weighted by atomic mass is 32.2. The number of carboxylic acid groups (broad SMARTS) is 1. The van der Waals surface area contributed by atoms with Gasteiger partial charge in [0.05, 0.1) is 21.6 Å². The molecule has 4 N–H and O–H groups in total. The molecule has 1 aromatic heterocycles. The lowest BCUT2D eigenvalue weighted by Gasteiger charge is -2.21. The number of H-pyrrole nitrogens is 1. The van der Waals surface area contributed by atoms with Crippen molar-refractivity contribution in [2.45, 2.75) is 71.2 Å². The molecule has 0 radical (unpaired) electrons. The Morgan fingerprint density at radius 3 is 2.39 bits per heavy atom. The lowest BCUT2D eigenvalue weighted by Crippen LogP contribution is -2.43. The highest BCUT2D eigenvalue weighted by Crippen LogP contribution is 2.29. The highest BCUT2D eigenvalue weighted by Gasteiger charge is 2.30. The Labute approximate surface area is 240 Å². The van der Waals surface area contributed by atoms with Crippen LogP contribution in [0.4, 0.5) is 0 Å². The number of nitrogens with one attached hydrogen (secondary N) is 3. The number of benzene rings is 2. The van der Waals surface area contributed by atoms with Gasteiger partial charge in [-0.05, 0) is 93.0 Å². The average Bonchev–Trinajstić information content (AvgIpc) is 2.93. The third-order valence-electron chi connectivity index (χ3n) is 7.83. The van der Waals surface area contributed by atoms with Crippen molar-refractivity contribution < 1.29 is 18.3 Å². The van der Waals surface area contributed by atoms with E-state index in [2.05, 4.69) is 25.0 Å². The molecule has 0 unspecified atom stereocenters. The van der Waals surface area contributed by atoms with E-state index in [9.17, 15) is 23.1 Å². The van der Waals surface area contributed by atoms with Gasteiger partial charge in [-0.2, -0.15) is 4.72 Å². The maximum atomic E-state index is 13.4. The molecule has 41 heavy (non-hydrogen) atoms. The lowest BCUT2D eigenvalue weighted by atomic mass is 9.95. The maximum absolute atomic E-state index is 13.4. The van der Waals surface area contributed by atoms with Gasteiger partial charge in [0.2, 0.25) is 10.0 Å². The number of hydrogen-bond acceptors (Lipinski definition) is 7. The number of hydrogen-bond donors (Lipinski definition) is 4. The number of nitrogens with zero attached hydrogens (tertiary/aromatic N) is 2. The molecule has 1 aliphatic rings. The fraction of sp³-hybridized carbons (Fsp3) is 0.400. The zero-order chi connectivity index (χ0) is 29.9. The van der Waals surface area contributed by atoms with Crippen molar-refractivity contribution in [3.8, 4) is 0 Å². The van der Waals surface area contributed by atoms with E-state index in [0.717, 1.165) is 53.9 Å². The van der Waals surface area contributed by atoms with E-state index in [4.69, 9.17) is 0 Å². The van der Waals surface area contributed by atoms with E-state index in [1.807, 2.05) is 39.0 Å². The van der Waals surface area contributed by atoms with Crippen LogP contribution in [0.1, 0.15) is 58.5 Å². The van der Waals surface area contributed by atoms with Gasteiger partial charge in [-0.15, -0.1) is 0 Å². The van der Waals surface area contributed by atoms with Crippen molar-refractivity contribution in [2.24, 2.45) is 4.99 Å². The monoisotopic (exact) mass is 579 g/mol. The van der Waals surface area contributed by atoms with Crippen LogP contribution >= 0.6 is 0 Å². The number of aromatic amines is 1. The molecule has 0 saturated heterocycles. The summed E-state index contributed by atoms with van der Waals surface area (Å²) < 4.78 is 29.2. The van der Waals surface area contributed by atoms with E-state index in [1.54, 1.807) is 26.0 Å². The van der Waals surface area contributed by atoms with E-state index in [0.29, 0.717) is 28.6 Å². The largest absolute Gasteiger partial charge is 0.480 e. The number of aromatic nitrogens is 2. The Morgan fingerprint density at radius 2 is 1.76 bits per heavy atom. The van der Waals surface area contributed by atoms with E-state index < -0.39 is 27.6 Å². The van der Waals surface area contributed by atoms with E-state index in [1.165, 1.54) is 0 Å². The Morgan fingerprint density at radius 1 is 1.07 bits per heavy atom. The van der Waals surface area contributed by atoms with Gasteiger partial charge in [-0.1, -0.05) is 18.2 Å². The van der Waals surface area contributed by atoms with Gasteiger partial charge in [-0.3, -0.25) is 14.6 Å². The standard InChI is InChI=1S/C30H37N5O5S/c1-17-18(2)20(4)28(21(5)19(17)3)41(39,40)35-25(30(37)38)16-27-33-24-12-11-22(15-23(24)29(36)34-27)9-8-14-32-26-10-6-7-13-31-26/h8-9,11-12,15,25,35H,6-7,10,13-14,16H2,1-5H3,(H,31,32)(H,37,38)(H,33,34,36)/b9-8+/t25-/m0/s1. The van der Waals surface area contributed by atoms with Crippen LogP contribution in [0, 0.1) is 34.6 Å². The number of aliphatic imine (C=N–C) groups is 1. The van der Waals surface area contributed by atoms with E-state index in [-0.39, 0.29) is 17.1 Å². The molecule has 218 valence electrons. The second kappa shape index (κ2) is 12.4. The van der Waals surface area contributed by atoms with Gasteiger partial charge in [-0.25, -0.2) is 13.4 Å². The van der Waals surface area contributed by atoms with Gasteiger partial charge in [0.25, 0.3) is 5.56 Å². The summed E-state index contributed by atoms with van der Waals surface area (Å²) in [6.07, 6.45) is 6.75. The van der Waals surface area contributed by atoms with Gasteiger partial charge in [0, 0.05) is 25.9 Å². The summed E-state index contributed by atoms with van der Waals surface area (Å²) in [6, 6.07) is 3.68. The van der Waals surface area contributed by atoms with Crippen LogP contribution in [0.5, 0.6) is 0 Å². The molecule has 0 amide bonds. The minimum Gasteiger partial charge on any atom is -0.480 e. The highest BCUT2D eigenvalue weighted by molar-refractivity contribution is 7.89. The van der Waals surface area contributed by atoms with Crippen LogP contribution in [0.2, 0.25) is 0 Å². The van der Waals surface area contributed by atoms with Crippen LogP contribution < -0.4 is 15.6 Å². The average molecular weight is 580 g/mol. The first-order chi connectivity index (χ1) is 19.4. The number of carbonyl (C=O) groups is 1. The van der Waals surface area contributed by atoms with Crippen molar-refractivity contribution in [2.75, 3.05) is 13.1 Å². The molecule has 3 aromatic rings. The summed E-state index contributed by atoms with van der Waals surface area (Å²) in [5, 5.41) is 13.5. The summed E-state index contributed by atoms with van der Waals surface area (Å²) in [7, 11) is -4.20. The van der Waals surface area contributed by atoms with Crippen molar-refractivity contribution >= 4 is 38.8 Å². The predicted octanol–water partition coefficient (Wildman–Crippen LogP) is 3.62. The summed E-state index contributed by atoms with van der Waals surface area (Å²) in [6.45, 7) is 10.5. The molecule has 1 atom stereocenters. The molecular formula is C30H37N5O5S. The van der Waals surface area contributed by atoms with Gasteiger partial charge in [0.1, 0.15) is 11.9 Å². The predicted molar refractivity (Wildman–Crippen MR) is 161 cm³/mol. The summed E-state index contributed by atoms with van der Waals surface area (Å²) >= 11 is 0. The number of carboxylic acids is 1. The number of sulfonamides is 1. The first-order valence-electron chi connectivity index (χ1n) is 13.7. The number of fused-ring (bicyclic) bond motifs is 1. The molecular weight excluding hydrogens is 542 g/mol. The lowest BCUT2D eigenvalue weighted by molar-refractivity contribution is -0.139. The summed E-state index contributed by atoms with van der Waals surface area (Å²) in [4.78, 5) is 36.6. The number of amidine groups is 1. The maximum Gasteiger partial charge on any atom is 0.322 e. The second-order valence-corrected chi connectivity index (χ2v) is 12.2. The summed E-state index contributed by atoms with van der Waals surface area (Å²) in [5.41, 5.74) is 4.59. The SMILES string of the molecule is Cc1c(C)c(C)c(S(=O)(=O)N[C@@H](Cc2nc3ccc(/C=C/CNC4=NCCCC4)cc3c(=O)[nH]2)C(=O)O)c(C)c1C. The Balaban J connectivity index is 1.54. The van der Waals surface area contributed by atoms with Crippen LogP contribution in [-0.2, 0) is 21.2 Å². The first-order valence-corrected chi connectivity index (χ1v) is 15.2. The molecule has 0 spiro atoms. The molecule has 0 bridgehead atoms. The third kappa shape index (κ3) is 6.74. The van der Waals surface area contributed by atoms with Crippen molar-refractivity contribution in [1.82, 2.24) is 20.0 Å². The quantitative estimate of drug-likeness (QED) is 0.302. The van der Waals surface area contributed by atoms with Crippen molar-refractivity contribution in [3.63, 3.8) is 0 Å². The smallest absolute Gasteiger partial charge is 0.322 e. The fourth-order valence-corrected chi connectivity index (χ4v) is 6.90. The molecule has 11 heteroatoms. The Kier molecular flexibility index (Phi) is 9.08. The molecule has 2 aromatic carbocycles. The molecule has 2 heterocycles. The van der Waals surface area contributed by atoms with Crippen molar-refractivity contribution in [3.05, 3.63) is 73.8 Å². The zero-order valence-electron chi connectivity index (χ0n) is 24.1. The van der Waals surface area contributed by atoms with Crippen LogP contribution in [-0.4, -0.2) is 54.4 Å². The van der Waals surface area contributed by atoms with Crippen LogP contribution in [0.3, 0.4) is 0 Å². The number of rotatable bonds is 9. The van der Waals surface area contributed by atoms with Gasteiger partial charge < -0.3 is 15.4 Å². The molecule has 0 fully saturated rings. The Hall–Kier alpha value is -3.83. The zero-order valence-corrected chi connectivity index (χ0v) is 24.9. The minimum atomic E-state index is -4.20. The summed E-state index contributed by atoms with van der Waals surface area (Å²) in [5.74, 6) is -0.285. The molecule has 10 nitrogen and oxygen atoms in total. The van der Waals surface area contributed by atoms with E-state index >= 15 is 0 Å². The van der Waals surface area contributed by atoms with Crippen LogP contribution in [0.15, 0.2) is 39.0 Å². The second-order valence-electron chi connectivity index (χ2n) is 10.5. The van der Waals surface area contributed by atoms with Gasteiger partial charge >= 0.3 is 5.97 Å². The van der Waals surface area contributed by atoms with Crippen LogP contribution in [0.25, 0.3) is 17.0 Å².